The van der Waals surface area contributed by atoms with Crippen molar-refractivity contribution in [3.63, 3.8) is 0 Å². The van der Waals surface area contributed by atoms with Crippen LogP contribution in [0.5, 0.6) is 0 Å². The molecule has 2 heteroatoms. The predicted octanol–water partition coefficient (Wildman–Crippen LogP) is 5.11. The first-order valence-electron chi connectivity index (χ1n) is 8.68. The van der Waals surface area contributed by atoms with Crippen molar-refractivity contribution in [3.8, 4) is 0 Å². The van der Waals surface area contributed by atoms with E-state index in [0.717, 1.165) is 0 Å². The van der Waals surface area contributed by atoms with Gasteiger partial charge in [-0.15, -0.1) is 0 Å². The first kappa shape index (κ1) is 17.3. The summed E-state index contributed by atoms with van der Waals surface area (Å²) in [6, 6.07) is 33.3. The molecule has 1 unspecified atom stereocenters. The SMILES string of the molecule is CCCCP(P)(c1ccccc1)(c1ccccc1)c1ccccc1. The summed E-state index contributed by atoms with van der Waals surface area (Å²) in [5, 5.41) is 4.37. The first-order valence-corrected chi connectivity index (χ1v) is 12.7. The molecule has 0 heterocycles. The van der Waals surface area contributed by atoms with Crippen LogP contribution in [0.15, 0.2) is 91.0 Å². The Morgan fingerprint density at radius 2 is 0.958 bits per heavy atom. The van der Waals surface area contributed by atoms with E-state index in [9.17, 15) is 0 Å². The molecule has 0 aromatic heterocycles. The molecule has 0 spiro atoms. The van der Waals surface area contributed by atoms with Crippen molar-refractivity contribution in [3.05, 3.63) is 91.0 Å². The van der Waals surface area contributed by atoms with Crippen molar-refractivity contribution >= 4 is 31.1 Å². The molecule has 3 aromatic rings. The molecule has 0 aliphatic rings. The normalized spacial score (nSPS) is 13.2. The van der Waals surface area contributed by atoms with Crippen LogP contribution in [0.25, 0.3) is 0 Å². The summed E-state index contributed by atoms with van der Waals surface area (Å²) >= 11 is 0. The molecule has 0 aliphatic heterocycles. The molecule has 0 saturated heterocycles. The second kappa shape index (κ2) is 7.18. The van der Waals surface area contributed by atoms with Gasteiger partial charge in [-0.1, -0.05) is 0 Å². The molecule has 124 valence electrons. The molecule has 24 heavy (non-hydrogen) atoms. The minimum atomic E-state index is -2.54. The van der Waals surface area contributed by atoms with Gasteiger partial charge in [-0.25, -0.2) is 0 Å². The fourth-order valence-corrected chi connectivity index (χ4v) is 10.9. The Labute approximate surface area is 148 Å². The second-order valence-corrected chi connectivity index (χ2v) is 14.6. The molecule has 0 N–H and O–H groups in total. The van der Waals surface area contributed by atoms with E-state index < -0.39 is 6.29 Å². The summed E-state index contributed by atoms with van der Waals surface area (Å²) in [5.74, 6) is 0. The van der Waals surface area contributed by atoms with E-state index in [0.29, 0.717) is 0 Å². The molecule has 0 fully saturated rings. The molecule has 0 radical (unpaired) electrons. The van der Waals surface area contributed by atoms with Crippen molar-refractivity contribution in [1.82, 2.24) is 0 Å². The number of hydrogen-bond donors (Lipinski definition) is 0. The Hall–Kier alpha value is -1.48. The van der Waals surface area contributed by atoms with E-state index in [-0.39, 0.29) is 0 Å². The fraction of sp³-hybridized carbons (Fsp3) is 0.182. The summed E-state index contributed by atoms with van der Waals surface area (Å²) in [5.41, 5.74) is 0. The van der Waals surface area contributed by atoms with E-state index in [1.165, 1.54) is 34.9 Å². The van der Waals surface area contributed by atoms with E-state index in [4.69, 9.17) is 0 Å². The molecule has 0 amide bonds. The van der Waals surface area contributed by atoms with Gasteiger partial charge in [-0.2, -0.15) is 0 Å². The van der Waals surface area contributed by atoms with Gasteiger partial charge in [0.2, 0.25) is 0 Å². The monoisotopic (exact) mass is 352 g/mol. The molecule has 0 nitrogen and oxygen atoms in total. The van der Waals surface area contributed by atoms with Gasteiger partial charge in [0.25, 0.3) is 0 Å². The van der Waals surface area contributed by atoms with Gasteiger partial charge in [0.1, 0.15) is 0 Å². The van der Waals surface area contributed by atoms with Crippen LogP contribution in [-0.4, -0.2) is 6.16 Å². The van der Waals surface area contributed by atoms with Crippen molar-refractivity contribution in [2.24, 2.45) is 0 Å². The third-order valence-electron chi connectivity index (χ3n) is 5.01. The Kier molecular flexibility index (Phi) is 5.19. The standard InChI is InChI=1S/C22H26P2/c1-2-3-19-24(23,20-13-7-4-8-14-20,21-15-9-5-10-16-21)22-17-11-6-12-18-22/h4-18H,2-3,19,23H2,1H3. The zero-order valence-electron chi connectivity index (χ0n) is 14.3. The molecule has 0 saturated carbocycles. The third-order valence-corrected chi connectivity index (χ3v) is 14.2. The maximum atomic E-state index is 3.40. The summed E-state index contributed by atoms with van der Waals surface area (Å²) in [6.07, 6.45) is 1.08. The van der Waals surface area contributed by atoms with E-state index in [1.807, 2.05) is 0 Å². The molecule has 3 rings (SSSR count). The average Bonchev–Trinajstić information content (AvgIpc) is 2.68. The van der Waals surface area contributed by atoms with Crippen LogP contribution >= 0.6 is 15.2 Å². The number of unbranched alkanes of at least 4 members (excludes halogenated alkanes) is 1. The molecule has 1 atom stereocenters. The second-order valence-electron chi connectivity index (χ2n) is 6.46. The first-order chi connectivity index (χ1) is 11.7. The number of rotatable bonds is 6. The van der Waals surface area contributed by atoms with Crippen LogP contribution < -0.4 is 15.9 Å². The zero-order valence-corrected chi connectivity index (χ0v) is 16.4. The van der Waals surface area contributed by atoms with Crippen molar-refractivity contribution in [1.29, 1.82) is 0 Å². The van der Waals surface area contributed by atoms with Gasteiger partial charge in [0.15, 0.2) is 0 Å². The van der Waals surface area contributed by atoms with Gasteiger partial charge in [-0.3, -0.25) is 0 Å². The van der Waals surface area contributed by atoms with Gasteiger partial charge in [0, 0.05) is 0 Å². The van der Waals surface area contributed by atoms with Crippen LogP contribution in [0, 0.1) is 0 Å². The fourth-order valence-electron chi connectivity index (χ4n) is 3.63. The topological polar surface area (TPSA) is 0 Å². The van der Waals surface area contributed by atoms with Crippen molar-refractivity contribution in [2.75, 3.05) is 6.16 Å². The molecule has 3 aromatic carbocycles. The van der Waals surface area contributed by atoms with Crippen LogP contribution in [0.4, 0.5) is 0 Å². The van der Waals surface area contributed by atoms with Gasteiger partial charge in [0.05, 0.1) is 0 Å². The van der Waals surface area contributed by atoms with Crippen molar-refractivity contribution < 1.29 is 0 Å². The maximum absolute atomic E-state index is 3.40. The van der Waals surface area contributed by atoms with Gasteiger partial charge >= 0.3 is 148 Å². The number of hydrogen-bond acceptors (Lipinski definition) is 0. The summed E-state index contributed by atoms with van der Waals surface area (Å²) in [6.45, 7) is 2.28. The third kappa shape index (κ3) is 2.83. The summed E-state index contributed by atoms with van der Waals surface area (Å²) < 4.78 is 0. The average molecular weight is 352 g/mol. The summed E-state index contributed by atoms with van der Waals surface area (Å²) in [4.78, 5) is 0. The minimum absolute atomic E-state index is 1.19. The Balaban J connectivity index is 2.37. The van der Waals surface area contributed by atoms with Crippen LogP contribution in [0.1, 0.15) is 19.8 Å². The van der Waals surface area contributed by atoms with E-state index in [1.54, 1.807) is 0 Å². The number of benzene rings is 3. The van der Waals surface area contributed by atoms with Gasteiger partial charge < -0.3 is 0 Å². The van der Waals surface area contributed by atoms with E-state index in [2.05, 4.69) is 107 Å². The molecule has 0 bridgehead atoms. The Bertz CT molecular complexity index is 667. The van der Waals surface area contributed by atoms with Crippen LogP contribution in [0.3, 0.4) is 0 Å². The quantitative estimate of drug-likeness (QED) is 0.541. The predicted molar refractivity (Wildman–Crippen MR) is 115 cm³/mol. The molecule has 0 aliphatic carbocycles. The molecular formula is C22H26P2. The van der Waals surface area contributed by atoms with Crippen molar-refractivity contribution in [2.45, 2.75) is 19.8 Å². The molecular weight excluding hydrogens is 326 g/mol. The van der Waals surface area contributed by atoms with E-state index >= 15 is 0 Å². The van der Waals surface area contributed by atoms with Gasteiger partial charge in [-0.05, 0) is 0 Å². The summed E-state index contributed by atoms with van der Waals surface area (Å²) in [7, 11) is 3.40. The Morgan fingerprint density at radius 3 is 1.25 bits per heavy atom. The zero-order chi connectivity index (χ0) is 16.9. The van der Waals surface area contributed by atoms with Crippen LogP contribution in [0.2, 0.25) is 0 Å². The van der Waals surface area contributed by atoms with Crippen LogP contribution in [-0.2, 0) is 0 Å². The Morgan fingerprint density at radius 1 is 0.625 bits per heavy atom.